The van der Waals surface area contributed by atoms with E-state index in [1.807, 2.05) is 0 Å². The lowest BCUT2D eigenvalue weighted by Gasteiger charge is -2.01. The Morgan fingerprint density at radius 1 is 1.12 bits per heavy atom. The van der Waals surface area contributed by atoms with Crippen LogP contribution in [0.5, 0.6) is 0 Å². The monoisotopic (exact) mass is 229 g/mol. The molecule has 0 aromatic carbocycles. The predicted molar refractivity (Wildman–Crippen MR) is 57.9 cm³/mol. The average molecular weight is 229 g/mol. The van der Waals surface area contributed by atoms with Crippen molar-refractivity contribution in [3.8, 4) is 0 Å². The number of hydrogen-bond donors (Lipinski definition) is 0. The zero-order valence-electron chi connectivity index (χ0n) is 8.88. The normalized spacial score (nSPS) is 14.5. The number of nitrogens with zero attached hydrogens (tertiary/aromatic N) is 3. The molecule has 0 spiro atoms. The second-order valence-electron chi connectivity index (χ2n) is 3.74. The van der Waals surface area contributed by atoms with E-state index < -0.39 is 17.4 Å². The van der Waals surface area contributed by atoms with Gasteiger partial charge in [0.05, 0.1) is 0 Å². The molecule has 17 heavy (non-hydrogen) atoms. The maximum atomic E-state index is 12.0. The summed E-state index contributed by atoms with van der Waals surface area (Å²) in [6.45, 7) is 0. The van der Waals surface area contributed by atoms with E-state index in [2.05, 4.69) is 4.98 Å². The van der Waals surface area contributed by atoms with Crippen LogP contribution in [0.25, 0.3) is 5.65 Å². The Labute approximate surface area is 95.1 Å². The van der Waals surface area contributed by atoms with E-state index in [0.29, 0.717) is 5.65 Å². The van der Waals surface area contributed by atoms with Crippen molar-refractivity contribution in [2.75, 3.05) is 7.05 Å². The number of rotatable bonds is 0. The first-order chi connectivity index (χ1) is 8.11. The highest BCUT2D eigenvalue weighted by molar-refractivity contribution is 6.20. The number of aromatic nitrogens is 2. The molecular weight excluding hydrogens is 222 g/mol. The number of carbonyl (C=O) groups excluding carboxylic acids is 2. The molecular formula is C11H7N3O3. The number of hydrogen-bond acceptors (Lipinski definition) is 4. The van der Waals surface area contributed by atoms with E-state index >= 15 is 0 Å². The fourth-order valence-electron chi connectivity index (χ4n) is 1.86. The maximum Gasteiger partial charge on any atom is 0.280 e. The summed E-state index contributed by atoms with van der Waals surface area (Å²) < 4.78 is 1.25. The molecule has 6 nitrogen and oxygen atoms in total. The molecule has 2 aromatic heterocycles. The molecule has 3 heterocycles. The third-order valence-electron chi connectivity index (χ3n) is 2.76. The highest BCUT2D eigenvalue weighted by atomic mass is 16.2. The van der Waals surface area contributed by atoms with Crippen LogP contribution in [0.15, 0.2) is 29.2 Å². The predicted octanol–water partition coefficient (Wildman–Crippen LogP) is -0.0797. The number of fused-ring (bicyclic) bond motifs is 2. The summed E-state index contributed by atoms with van der Waals surface area (Å²) in [5, 5.41) is 0. The molecule has 0 N–H and O–H groups in total. The van der Waals surface area contributed by atoms with Crippen LogP contribution in [0.4, 0.5) is 0 Å². The molecule has 2 amide bonds. The minimum atomic E-state index is -0.597. The Morgan fingerprint density at radius 3 is 2.65 bits per heavy atom. The molecule has 0 saturated carbocycles. The lowest BCUT2D eigenvalue weighted by molar-refractivity contribution is 0.0691. The zero-order valence-corrected chi connectivity index (χ0v) is 8.88. The van der Waals surface area contributed by atoms with Crippen molar-refractivity contribution in [2.45, 2.75) is 0 Å². The summed E-state index contributed by atoms with van der Waals surface area (Å²) >= 11 is 0. The lowest BCUT2D eigenvalue weighted by atomic mass is 10.2. The van der Waals surface area contributed by atoms with Gasteiger partial charge < -0.3 is 0 Å². The van der Waals surface area contributed by atoms with Crippen LogP contribution in [-0.2, 0) is 0 Å². The Balaban J connectivity index is 2.51. The van der Waals surface area contributed by atoms with Crippen molar-refractivity contribution < 1.29 is 9.59 Å². The van der Waals surface area contributed by atoms with Crippen molar-refractivity contribution in [1.82, 2.24) is 14.3 Å². The van der Waals surface area contributed by atoms with Gasteiger partial charge in [0.2, 0.25) is 0 Å². The minimum Gasteiger partial charge on any atom is -0.276 e. The van der Waals surface area contributed by atoms with Gasteiger partial charge in [-0.25, -0.2) is 4.98 Å². The molecule has 0 atom stereocenters. The third kappa shape index (κ3) is 1.09. The van der Waals surface area contributed by atoms with E-state index in [1.54, 1.807) is 18.2 Å². The van der Waals surface area contributed by atoms with Gasteiger partial charge in [0.15, 0.2) is 0 Å². The lowest BCUT2D eigenvalue weighted by Crippen LogP contribution is -2.27. The Hall–Kier alpha value is -2.50. The molecule has 0 bridgehead atoms. The fourth-order valence-corrected chi connectivity index (χ4v) is 1.86. The first-order valence-corrected chi connectivity index (χ1v) is 4.95. The molecule has 1 aliphatic heterocycles. The number of pyridine rings is 1. The van der Waals surface area contributed by atoms with Gasteiger partial charge in [0.1, 0.15) is 16.9 Å². The summed E-state index contributed by atoms with van der Waals surface area (Å²) in [4.78, 5) is 40.4. The summed E-state index contributed by atoms with van der Waals surface area (Å²) in [7, 11) is 1.33. The standard InChI is InChI=1S/C11H7N3O3/c1-13-9(15)7-8(11(13)17)12-6-4-2-3-5-14(6)10(7)16/h2-5H,1H3. The Kier molecular flexibility index (Phi) is 1.72. The van der Waals surface area contributed by atoms with Crippen LogP contribution in [-0.4, -0.2) is 33.1 Å². The fraction of sp³-hybridized carbons (Fsp3) is 0.0909. The van der Waals surface area contributed by atoms with Gasteiger partial charge in [-0.15, -0.1) is 0 Å². The van der Waals surface area contributed by atoms with Crippen molar-refractivity contribution in [2.24, 2.45) is 0 Å². The van der Waals surface area contributed by atoms with E-state index in [9.17, 15) is 14.4 Å². The van der Waals surface area contributed by atoms with Gasteiger partial charge >= 0.3 is 0 Å². The quantitative estimate of drug-likeness (QED) is 0.592. The molecule has 0 aliphatic carbocycles. The van der Waals surface area contributed by atoms with E-state index in [1.165, 1.54) is 17.6 Å². The summed E-state index contributed by atoms with van der Waals surface area (Å²) in [5.74, 6) is -1.13. The summed E-state index contributed by atoms with van der Waals surface area (Å²) in [6.07, 6.45) is 1.51. The second kappa shape index (κ2) is 3.00. The molecule has 84 valence electrons. The summed E-state index contributed by atoms with van der Waals surface area (Å²) in [6, 6.07) is 4.98. The van der Waals surface area contributed by atoms with Crippen LogP contribution in [0.1, 0.15) is 20.8 Å². The highest BCUT2D eigenvalue weighted by Gasteiger charge is 2.37. The topological polar surface area (TPSA) is 71.8 Å². The molecule has 6 heteroatoms. The molecule has 0 radical (unpaired) electrons. The van der Waals surface area contributed by atoms with Gasteiger partial charge in [-0.05, 0) is 12.1 Å². The molecule has 0 saturated heterocycles. The van der Waals surface area contributed by atoms with Gasteiger partial charge in [0.25, 0.3) is 17.4 Å². The second-order valence-corrected chi connectivity index (χ2v) is 3.74. The number of imide groups is 1. The molecule has 3 rings (SSSR count). The van der Waals surface area contributed by atoms with Crippen LogP contribution in [0.3, 0.4) is 0 Å². The molecule has 0 fully saturated rings. The van der Waals surface area contributed by atoms with Crippen LogP contribution in [0.2, 0.25) is 0 Å². The first kappa shape index (κ1) is 9.71. The molecule has 1 aliphatic rings. The highest BCUT2D eigenvalue weighted by Crippen LogP contribution is 2.16. The first-order valence-electron chi connectivity index (χ1n) is 4.95. The van der Waals surface area contributed by atoms with Crippen molar-refractivity contribution in [1.29, 1.82) is 0 Å². The minimum absolute atomic E-state index is 0.0614. The van der Waals surface area contributed by atoms with Crippen LogP contribution in [0, 0.1) is 0 Å². The molecule has 0 unspecified atom stereocenters. The van der Waals surface area contributed by atoms with Crippen molar-refractivity contribution in [3.05, 3.63) is 46.0 Å². The van der Waals surface area contributed by atoms with Gasteiger partial charge in [-0.2, -0.15) is 0 Å². The van der Waals surface area contributed by atoms with E-state index in [4.69, 9.17) is 0 Å². The largest absolute Gasteiger partial charge is 0.280 e. The Morgan fingerprint density at radius 2 is 1.88 bits per heavy atom. The smallest absolute Gasteiger partial charge is 0.276 e. The van der Waals surface area contributed by atoms with Crippen LogP contribution < -0.4 is 5.56 Å². The number of carbonyl (C=O) groups is 2. The Bertz CT molecular complexity index is 732. The van der Waals surface area contributed by atoms with Gasteiger partial charge in [-0.1, -0.05) is 6.07 Å². The molecule has 2 aromatic rings. The summed E-state index contributed by atoms with van der Waals surface area (Å²) in [5.41, 5.74) is -0.365. The average Bonchev–Trinajstić information content (AvgIpc) is 2.55. The maximum absolute atomic E-state index is 12.0. The van der Waals surface area contributed by atoms with Gasteiger partial charge in [-0.3, -0.25) is 23.7 Å². The van der Waals surface area contributed by atoms with Gasteiger partial charge in [0, 0.05) is 13.2 Å². The van der Waals surface area contributed by atoms with Crippen LogP contribution >= 0.6 is 0 Å². The third-order valence-corrected chi connectivity index (χ3v) is 2.76. The van der Waals surface area contributed by atoms with Crippen molar-refractivity contribution >= 4 is 17.5 Å². The van der Waals surface area contributed by atoms with E-state index in [0.717, 1.165) is 4.90 Å². The SMILES string of the molecule is CN1C(=O)c2nc3ccccn3c(=O)c2C1=O. The van der Waals surface area contributed by atoms with Crippen molar-refractivity contribution in [3.63, 3.8) is 0 Å². The number of amides is 2. The zero-order chi connectivity index (χ0) is 12.2. The van der Waals surface area contributed by atoms with E-state index in [-0.39, 0.29) is 11.3 Å².